The van der Waals surface area contributed by atoms with Gasteiger partial charge >= 0.3 is 0 Å². The van der Waals surface area contributed by atoms with E-state index in [-0.39, 0.29) is 18.2 Å². The average Bonchev–Trinajstić information content (AvgIpc) is 2.17. The van der Waals surface area contributed by atoms with Gasteiger partial charge in [0.25, 0.3) is 0 Å². The Kier molecular flexibility index (Phi) is 7.14. The standard InChI is InChI=1S/C12H27NO2/c1-10(2)6-7-15-11(3)8-12(4,9-14)13-5/h10-11,13-14H,6-9H2,1-5H3. The largest absolute Gasteiger partial charge is 0.394 e. The van der Waals surface area contributed by atoms with E-state index < -0.39 is 0 Å². The summed E-state index contributed by atoms with van der Waals surface area (Å²) in [7, 11) is 1.87. The molecule has 3 nitrogen and oxygen atoms in total. The van der Waals surface area contributed by atoms with Crippen molar-refractivity contribution < 1.29 is 9.84 Å². The molecule has 0 aliphatic carbocycles. The molecule has 92 valence electrons. The minimum atomic E-state index is -0.225. The summed E-state index contributed by atoms with van der Waals surface area (Å²) < 4.78 is 5.70. The molecular formula is C12H27NO2. The monoisotopic (exact) mass is 217 g/mol. The lowest BCUT2D eigenvalue weighted by molar-refractivity contribution is 0.0250. The van der Waals surface area contributed by atoms with Gasteiger partial charge in [-0.15, -0.1) is 0 Å². The first-order valence-corrected chi connectivity index (χ1v) is 5.85. The van der Waals surface area contributed by atoms with Crippen molar-refractivity contribution in [1.29, 1.82) is 0 Å². The van der Waals surface area contributed by atoms with E-state index in [0.29, 0.717) is 5.92 Å². The van der Waals surface area contributed by atoms with Crippen molar-refractivity contribution in [2.75, 3.05) is 20.3 Å². The number of aliphatic hydroxyl groups is 1. The van der Waals surface area contributed by atoms with Crippen LogP contribution in [0.3, 0.4) is 0 Å². The summed E-state index contributed by atoms with van der Waals surface area (Å²) in [6.07, 6.45) is 2.12. The summed E-state index contributed by atoms with van der Waals surface area (Å²) >= 11 is 0. The second kappa shape index (κ2) is 7.20. The zero-order chi connectivity index (χ0) is 11.9. The number of hydrogen-bond donors (Lipinski definition) is 2. The fourth-order valence-corrected chi connectivity index (χ4v) is 1.44. The SMILES string of the molecule is CNC(C)(CO)CC(C)OCCC(C)C. The van der Waals surface area contributed by atoms with Crippen molar-refractivity contribution in [3.05, 3.63) is 0 Å². The van der Waals surface area contributed by atoms with E-state index in [9.17, 15) is 5.11 Å². The van der Waals surface area contributed by atoms with Crippen LogP contribution in [0.25, 0.3) is 0 Å². The van der Waals surface area contributed by atoms with Crippen LogP contribution in [0.1, 0.15) is 40.5 Å². The molecule has 0 heterocycles. The van der Waals surface area contributed by atoms with Gasteiger partial charge in [-0.05, 0) is 39.7 Å². The van der Waals surface area contributed by atoms with Crippen LogP contribution in [-0.4, -0.2) is 37.0 Å². The van der Waals surface area contributed by atoms with Crippen molar-refractivity contribution in [2.45, 2.75) is 52.2 Å². The molecule has 2 N–H and O–H groups in total. The molecule has 15 heavy (non-hydrogen) atoms. The second-order valence-electron chi connectivity index (χ2n) is 5.04. The normalized spacial score (nSPS) is 17.8. The molecule has 0 aliphatic heterocycles. The Labute approximate surface area is 94.2 Å². The van der Waals surface area contributed by atoms with Gasteiger partial charge in [-0.2, -0.15) is 0 Å². The first kappa shape index (κ1) is 14.9. The molecule has 0 amide bonds. The lowest BCUT2D eigenvalue weighted by Gasteiger charge is -2.30. The van der Waals surface area contributed by atoms with Crippen molar-refractivity contribution in [3.63, 3.8) is 0 Å². The topological polar surface area (TPSA) is 41.5 Å². The Morgan fingerprint density at radius 2 is 1.93 bits per heavy atom. The van der Waals surface area contributed by atoms with E-state index in [1.54, 1.807) is 0 Å². The molecule has 2 unspecified atom stereocenters. The van der Waals surface area contributed by atoms with Crippen LogP contribution < -0.4 is 5.32 Å². The molecular weight excluding hydrogens is 190 g/mol. The Balaban J connectivity index is 3.76. The van der Waals surface area contributed by atoms with Gasteiger partial charge in [0.1, 0.15) is 0 Å². The fraction of sp³-hybridized carbons (Fsp3) is 1.00. The molecule has 0 spiro atoms. The van der Waals surface area contributed by atoms with Crippen molar-refractivity contribution in [1.82, 2.24) is 5.32 Å². The molecule has 3 heteroatoms. The zero-order valence-electron chi connectivity index (χ0n) is 10.8. The molecule has 0 radical (unpaired) electrons. The van der Waals surface area contributed by atoms with E-state index in [1.807, 2.05) is 14.0 Å². The Bertz CT molecular complexity index is 156. The summed E-state index contributed by atoms with van der Waals surface area (Å²) in [5.41, 5.74) is -0.225. The molecule has 0 fully saturated rings. The van der Waals surface area contributed by atoms with Crippen LogP contribution in [0.2, 0.25) is 0 Å². The Morgan fingerprint density at radius 3 is 2.33 bits per heavy atom. The lowest BCUT2D eigenvalue weighted by atomic mass is 9.96. The van der Waals surface area contributed by atoms with Gasteiger partial charge in [0.15, 0.2) is 0 Å². The maximum atomic E-state index is 9.23. The lowest BCUT2D eigenvalue weighted by Crippen LogP contribution is -2.46. The van der Waals surface area contributed by atoms with Crippen molar-refractivity contribution >= 4 is 0 Å². The van der Waals surface area contributed by atoms with Crippen LogP contribution in [0.5, 0.6) is 0 Å². The highest BCUT2D eigenvalue weighted by atomic mass is 16.5. The number of rotatable bonds is 8. The predicted octanol–water partition coefficient (Wildman–Crippen LogP) is 1.80. The highest BCUT2D eigenvalue weighted by Gasteiger charge is 2.23. The van der Waals surface area contributed by atoms with E-state index in [1.165, 1.54) is 0 Å². The van der Waals surface area contributed by atoms with Gasteiger partial charge in [-0.3, -0.25) is 0 Å². The van der Waals surface area contributed by atoms with Crippen molar-refractivity contribution in [3.8, 4) is 0 Å². The minimum absolute atomic E-state index is 0.140. The number of ether oxygens (including phenoxy) is 1. The summed E-state index contributed by atoms with van der Waals surface area (Å²) in [5.74, 6) is 0.686. The second-order valence-corrected chi connectivity index (χ2v) is 5.04. The van der Waals surface area contributed by atoms with Crippen molar-refractivity contribution in [2.24, 2.45) is 5.92 Å². The molecule has 0 rings (SSSR count). The third kappa shape index (κ3) is 6.88. The van der Waals surface area contributed by atoms with Gasteiger partial charge in [0.05, 0.1) is 12.7 Å². The fourth-order valence-electron chi connectivity index (χ4n) is 1.44. The van der Waals surface area contributed by atoms with Gasteiger partial charge < -0.3 is 15.2 Å². The predicted molar refractivity (Wildman–Crippen MR) is 64.0 cm³/mol. The minimum Gasteiger partial charge on any atom is -0.394 e. The van der Waals surface area contributed by atoms with Crippen LogP contribution in [0.4, 0.5) is 0 Å². The number of hydrogen-bond acceptors (Lipinski definition) is 3. The molecule has 2 atom stereocenters. The summed E-state index contributed by atoms with van der Waals surface area (Å²) in [4.78, 5) is 0. The molecule has 0 saturated carbocycles. The van der Waals surface area contributed by atoms with E-state index in [4.69, 9.17) is 4.74 Å². The first-order chi connectivity index (χ1) is 6.93. The Morgan fingerprint density at radius 1 is 1.33 bits per heavy atom. The maximum absolute atomic E-state index is 9.23. The molecule has 0 saturated heterocycles. The molecule has 0 aromatic heterocycles. The summed E-state index contributed by atoms with van der Waals surface area (Å²) in [6.45, 7) is 9.41. The molecule has 0 aliphatic rings. The number of nitrogens with one attached hydrogen (secondary N) is 1. The number of likely N-dealkylation sites (N-methyl/N-ethyl adjacent to an activating group) is 1. The van der Waals surface area contributed by atoms with Crippen LogP contribution in [-0.2, 0) is 4.74 Å². The molecule has 0 aromatic rings. The van der Waals surface area contributed by atoms with Crippen LogP contribution in [0.15, 0.2) is 0 Å². The van der Waals surface area contributed by atoms with Gasteiger partial charge in [-0.25, -0.2) is 0 Å². The quantitative estimate of drug-likeness (QED) is 0.651. The number of aliphatic hydroxyl groups excluding tert-OH is 1. The van der Waals surface area contributed by atoms with Gasteiger partial charge in [-0.1, -0.05) is 13.8 Å². The summed E-state index contributed by atoms with van der Waals surface area (Å²) in [6, 6.07) is 0. The third-order valence-electron chi connectivity index (χ3n) is 2.79. The smallest absolute Gasteiger partial charge is 0.0611 e. The maximum Gasteiger partial charge on any atom is 0.0611 e. The Hall–Kier alpha value is -0.120. The van der Waals surface area contributed by atoms with Gasteiger partial charge in [0.2, 0.25) is 0 Å². The zero-order valence-corrected chi connectivity index (χ0v) is 10.8. The van der Waals surface area contributed by atoms with E-state index in [0.717, 1.165) is 19.4 Å². The van der Waals surface area contributed by atoms with Crippen LogP contribution >= 0.6 is 0 Å². The van der Waals surface area contributed by atoms with E-state index in [2.05, 4.69) is 26.1 Å². The molecule has 0 bridgehead atoms. The summed E-state index contributed by atoms with van der Waals surface area (Å²) in [5, 5.41) is 12.4. The molecule has 0 aromatic carbocycles. The average molecular weight is 217 g/mol. The van der Waals surface area contributed by atoms with Gasteiger partial charge in [0, 0.05) is 12.1 Å². The highest BCUT2D eigenvalue weighted by molar-refractivity contribution is 4.82. The van der Waals surface area contributed by atoms with E-state index >= 15 is 0 Å². The third-order valence-corrected chi connectivity index (χ3v) is 2.79. The highest BCUT2D eigenvalue weighted by Crippen LogP contribution is 2.14. The van der Waals surface area contributed by atoms with Crippen LogP contribution in [0, 0.1) is 5.92 Å². The first-order valence-electron chi connectivity index (χ1n) is 5.85.